The van der Waals surface area contributed by atoms with E-state index in [-0.39, 0.29) is 29.4 Å². The lowest BCUT2D eigenvalue weighted by molar-refractivity contribution is -0.118. The maximum atomic E-state index is 13.1. The first kappa shape index (κ1) is 17.9. The molecule has 1 aliphatic carbocycles. The Bertz CT molecular complexity index is 470. The Labute approximate surface area is 129 Å². The highest BCUT2D eigenvalue weighted by Gasteiger charge is 2.32. The summed E-state index contributed by atoms with van der Waals surface area (Å²) in [7, 11) is 0. The van der Waals surface area contributed by atoms with Gasteiger partial charge >= 0.3 is 0 Å². The number of nitrogens with one attached hydrogen (secondary N) is 1. The van der Waals surface area contributed by atoms with E-state index in [0.717, 1.165) is 43.9 Å². The molecule has 6 heteroatoms. The number of hydrogen-bond acceptors (Lipinski definition) is 2. The molecule has 2 rings (SSSR count). The van der Waals surface area contributed by atoms with Gasteiger partial charge in [0, 0.05) is 18.2 Å². The predicted octanol–water partition coefficient (Wildman–Crippen LogP) is 3.62. The van der Waals surface area contributed by atoms with Gasteiger partial charge in [-0.3, -0.25) is 4.79 Å². The van der Waals surface area contributed by atoms with Gasteiger partial charge in [0.1, 0.15) is 11.6 Å². The van der Waals surface area contributed by atoms with Crippen LogP contribution in [-0.2, 0) is 4.79 Å². The summed E-state index contributed by atoms with van der Waals surface area (Å²) in [6.45, 7) is 0.470. The lowest BCUT2D eigenvalue weighted by Gasteiger charge is -2.35. The van der Waals surface area contributed by atoms with Crippen LogP contribution in [0.2, 0.25) is 0 Å². The molecule has 1 amide bonds. The molecule has 0 aliphatic heterocycles. The summed E-state index contributed by atoms with van der Waals surface area (Å²) < 4.78 is 26.1. The number of amides is 1. The fraction of sp³-hybridized carbons (Fsp3) is 0.533. The van der Waals surface area contributed by atoms with Gasteiger partial charge in [-0.2, -0.15) is 0 Å². The van der Waals surface area contributed by atoms with E-state index in [1.165, 1.54) is 6.42 Å². The molecule has 0 saturated heterocycles. The Kier molecular flexibility index (Phi) is 6.55. The number of benzene rings is 1. The monoisotopic (exact) mass is 318 g/mol. The van der Waals surface area contributed by atoms with Crippen LogP contribution in [-0.4, -0.2) is 12.5 Å². The van der Waals surface area contributed by atoms with E-state index in [9.17, 15) is 13.6 Å². The average molecular weight is 319 g/mol. The highest BCUT2D eigenvalue weighted by Crippen LogP contribution is 2.38. The molecular weight excluding hydrogens is 298 g/mol. The third-order valence-electron chi connectivity index (χ3n) is 4.03. The van der Waals surface area contributed by atoms with Crippen molar-refractivity contribution in [3.05, 3.63) is 29.8 Å². The van der Waals surface area contributed by atoms with E-state index in [1.54, 1.807) is 0 Å². The topological polar surface area (TPSA) is 55.1 Å². The minimum Gasteiger partial charge on any atom is -0.330 e. The highest BCUT2D eigenvalue weighted by atomic mass is 35.5. The van der Waals surface area contributed by atoms with Gasteiger partial charge in [0.2, 0.25) is 5.91 Å². The van der Waals surface area contributed by atoms with E-state index in [0.29, 0.717) is 13.0 Å². The second-order valence-electron chi connectivity index (χ2n) is 5.65. The van der Waals surface area contributed by atoms with Crippen molar-refractivity contribution in [2.24, 2.45) is 11.1 Å². The van der Waals surface area contributed by atoms with E-state index in [1.807, 2.05) is 0 Å². The number of carbonyl (C=O) groups is 1. The van der Waals surface area contributed by atoms with Crippen LogP contribution in [0.1, 0.15) is 38.5 Å². The molecule has 0 bridgehead atoms. The van der Waals surface area contributed by atoms with Crippen molar-refractivity contribution in [3.63, 3.8) is 0 Å². The molecule has 1 fully saturated rings. The first-order valence-corrected chi connectivity index (χ1v) is 6.99. The van der Waals surface area contributed by atoms with Crippen LogP contribution < -0.4 is 11.1 Å². The summed E-state index contributed by atoms with van der Waals surface area (Å²) in [6.07, 6.45) is 5.53. The summed E-state index contributed by atoms with van der Waals surface area (Å²) in [6, 6.07) is 2.99. The van der Waals surface area contributed by atoms with Gasteiger partial charge in [-0.05, 0) is 36.9 Å². The van der Waals surface area contributed by atoms with Crippen LogP contribution in [0.4, 0.5) is 14.5 Å². The lowest BCUT2D eigenvalue weighted by Crippen LogP contribution is -2.36. The number of rotatable bonds is 4. The molecule has 0 radical (unpaired) electrons. The summed E-state index contributed by atoms with van der Waals surface area (Å²) in [4.78, 5) is 12.1. The fourth-order valence-corrected chi connectivity index (χ4v) is 2.93. The second-order valence-corrected chi connectivity index (χ2v) is 5.65. The smallest absolute Gasteiger partial charge is 0.224 e. The van der Waals surface area contributed by atoms with Crippen molar-refractivity contribution in [3.8, 4) is 0 Å². The third-order valence-corrected chi connectivity index (χ3v) is 4.03. The maximum Gasteiger partial charge on any atom is 0.224 e. The van der Waals surface area contributed by atoms with Crippen molar-refractivity contribution >= 4 is 24.0 Å². The van der Waals surface area contributed by atoms with Crippen LogP contribution >= 0.6 is 12.4 Å². The number of anilines is 1. The van der Waals surface area contributed by atoms with E-state index < -0.39 is 11.6 Å². The predicted molar refractivity (Wildman–Crippen MR) is 81.4 cm³/mol. The van der Waals surface area contributed by atoms with Crippen LogP contribution in [0.5, 0.6) is 0 Å². The number of hydrogen-bond donors (Lipinski definition) is 2. The molecule has 118 valence electrons. The molecule has 3 nitrogen and oxygen atoms in total. The minimum atomic E-state index is -0.702. The maximum absolute atomic E-state index is 13.1. The molecule has 0 atom stereocenters. The van der Waals surface area contributed by atoms with Gasteiger partial charge in [-0.15, -0.1) is 12.4 Å². The zero-order valence-corrected chi connectivity index (χ0v) is 12.6. The van der Waals surface area contributed by atoms with Crippen LogP contribution in [0.15, 0.2) is 18.2 Å². The Morgan fingerprint density at radius 1 is 1.14 bits per heavy atom. The Morgan fingerprint density at radius 3 is 2.24 bits per heavy atom. The molecular formula is C15H21ClF2N2O. The van der Waals surface area contributed by atoms with E-state index >= 15 is 0 Å². The minimum absolute atomic E-state index is 0. The first-order valence-electron chi connectivity index (χ1n) is 6.99. The van der Waals surface area contributed by atoms with Gasteiger partial charge < -0.3 is 11.1 Å². The molecule has 3 N–H and O–H groups in total. The molecule has 21 heavy (non-hydrogen) atoms. The lowest BCUT2D eigenvalue weighted by atomic mass is 9.71. The van der Waals surface area contributed by atoms with Crippen LogP contribution in [0.25, 0.3) is 0 Å². The average Bonchev–Trinajstić information content (AvgIpc) is 2.38. The van der Waals surface area contributed by atoms with E-state index in [2.05, 4.69) is 5.32 Å². The molecule has 1 aromatic rings. The van der Waals surface area contributed by atoms with Gasteiger partial charge in [0.15, 0.2) is 0 Å². The molecule has 0 heterocycles. The SMILES string of the molecule is Cl.NCC1(CC(=O)Nc2cc(F)cc(F)c2)CCCCC1. The zero-order valence-electron chi connectivity index (χ0n) is 11.8. The van der Waals surface area contributed by atoms with Crippen molar-refractivity contribution in [2.75, 3.05) is 11.9 Å². The quantitative estimate of drug-likeness (QED) is 0.890. The molecule has 0 aromatic heterocycles. The van der Waals surface area contributed by atoms with E-state index in [4.69, 9.17) is 5.73 Å². The van der Waals surface area contributed by atoms with Gasteiger partial charge in [0.25, 0.3) is 0 Å². The van der Waals surface area contributed by atoms with Gasteiger partial charge in [0.05, 0.1) is 0 Å². The first-order chi connectivity index (χ1) is 9.53. The van der Waals surface area contributed by atoms with Crippen LogP contribution in [0, 0.1) is 17.0 Å². The van der Waals surface area contributed by atoms with Crippen molar-refractivity contribution in [1.29, 1.82) is 0 Å². The fourth-order valence-electron chi connectivity index (χ4n) is 2.93. The van der Waals surface area contributed by atoms with Crippen LogP contribution in [0.3, 0.4) is 0 Å². The second kappa shape index (κ2) is 7.71. The molecule has 0 spiro atoms. The summed E-state index contributed by atoms with van der Waals surface area (Å²) in [5, 5.41) is 2.56. The number of nitrogens with two attached hydrogens (primary N) is 1. The highest BCUT2D eigenvalue weighted by molar-refractivity contribution is 5.91. The largest absolute Gasteiger partial charge is 0.330 e. The normalized spacial score (nSPS) is 16.9. The Hall–Kier alpha value is -1.20. The number of carbonyl (C=O) groups excluding carboxylic acids is 1. The zero-order chi connectivity index (χ0) is 14.6. The summed E-state index contributed by atoms with van der Waals surface area (Å²) in [5.74, 6) is -1.64. The van der Waals surface area contributed by atoms with Gasteiger partial charge in [-0.1, -0.05) is 19.3 Å². The summed E-state index contributed by atoms with van der Waals surface area (Å²) in [5.41, 5.74) is 5.82. The molecule has 1 aromatic carbocycles. The standard InChI is InChI=1S/C15H20F2N2O.ClH/c16-11-6-12(17)8-13(7-11)19-14(20)9-15(10-18)4-2-1-3-5-15;/h6-8H,1-5,9-10,18H2,(H,19,20);1H. The summed E-state index contributed by atoms with van der Waals surface area (Å²) >= 11 is 0. The van der Waals surface area contributed by atoms with Crippen molar-refractivity contribution in [2.45, 2.75) is 38.5 Å². The Morgan fingerprint density at radius 2 is 1.71 bits per heavy atom. The Balaban J connectivity index is 0.00000220. The third kappa shape index (κ3) is 4.93. The van der Waals surface area contributed by atoms with Crippen molar-refractivity contribution < 1.29 is 13.6 Å². The number of halogens is 3. The molecule has 1 aliphatic rings. The molecule has 1 saturated carbocycles. The van der Waals surface area contributed by atoms with Crippen molar-refractivity contribution in [1.82, 2.24) is 0 Å². The molecule has 0 unspecified atom stereocenters. The van der Waals surface area contributed by atoms with Gasteiger partial charge in [-0.25, -0.2) is 8.78 Å².